The van der Waals surface area contributed by atoms with E-state index in [1.165, 1.54) is 0 Å². The molecule has 0 saturated carbocycles. The first kappa shape index (κ1) is 16.2. The summed E-state index contributed by atoms with van der Waals surface area (Å²) in [4.78, 5) is 12.0. The van der Waals surface area contributed by atoms with Crippen molar-refractivity contribution >= 4 is 5.91 Å². The Bertz CT molecular complexity index is 426. The molecule has 110 valence electrons. The number of nitrogens with one attached hydrogen (secondary N) is 3. The summed E-state index contributed by atoms with van der Waals surface area (Å²) in [5, 5.41) is 9.14. The van der Waals surface area contributed by atoms with Crippen molar-refractivity contribution in [1.82, 2.24) is 16.0 Å². The standard InChI is InChI=1S/C16H25N3O/c1-4-5-10-18-13(2)11-19-16(20)15-8-6-14(7-9-15)12-17-3/h6-9,17-18H,2,4-5,10-12H2,1,3H3,(H,19,20). The van der Waals surface area contributed by atoms with E-state index in [9.17, 15) is 4.79 Å². The lowest BCUT2D eigenvalue weighted by Gasteiger charge is -2.10. The Balaban J connectivity index is 2.36. The normalized spacial score (nSPS) is 10.1. The van der Waals surface area contributed by atoms with Gasteiger partial charge in [0.25, 0.3) is 5.91 Å². The van der Waals surface area contributed by atoms with Gasteiger partial charge in [0, 0.05) is 24.4 Å². The highest BCUT2D eigenvalue weighted by atomic mass is 16.1. The number of amides is 1. The molecule has 0 aliphatic rings. The van der Waals surface area contributed by atoms with Gasteiger partial charge in [-0.15, -0.1) is 0 Å². The van der Waals surface area contributed by atoms with Gasteiger partial charge in [-0.25, -0.2) is 0 Å². The molecule has 4 nitrogen and oxygen atoms in total. The minimum Gasteiger partial charge on any atom is -0.387 e. The first-order valence-corrected chi connectivity index (χ1v) is 7.10. The van der Waals surface area contributed by atoms with E-state index in [0.717, 1.165) is 37.2 Å². The van der Waals surface area contributed by atoms with E-state index in [-0.39, 0.29) is 5.91 Å². The van der Waals surface area contributed by atoms with Crippen LogP contribution < -0.4 is 16.0 Å². The maximum Gasteiger partial charge on any atom is 0.251 e. The maximum absolute atomic E-state index is 12.0. The van der Waals surface area contributed by atoms with Crippen molar-refractivity contribution in [2.45, 2.75) is 26.3 Å². The zero-order valence-electron chi connectivity index (χ0n) is 12.5. The van der Waals surface area contributed by atoms with E-state index in [1.54, 1.807) is 0 Å². The van der Waals surface area contributed by atoms with Gasteiger partial charge < -0.3 is 16.0 Å². The lowest BCUT2D eigenvalue weighted by atomic mass is 10.1. The van der Waals surface area contributed by atoms with Crippen LogP contribution in [0.25, 0.3) is 0 Å². The summed E-state index contributed by atoms with van der Waals surface area (Å²) in [6.07, 6.45) is 2.26. The Labute approximate surface area is 121 Å². The van der Waals surface area contributed by atoms with E-state index in [0.29, 0.717) is 12.1 Å². The van der Waals surface area contributed by atoms with Gasteiger partial charge in [0.2, 0.25) is 0 Å². The molecule has 3 N–H and O–H groups in total. The van der Waals surface area contributed by atoms with Gasteiger partial charge in [0.15, 0.2) is 0 Å². The highest BCUT2D eigenvalue weighted by molar-refractivity contribution is 5.94. The molecule has 0 heterocycles. The third-order valence-corrected chi connectivity index (χ3v) is 2.96. The van der Waals surface area contributed by atoms with Gasteiger partial charge in [-0.05, 0) is 31.2 Å². The number of benzene rings is 1. The number of carbonyl (C=O) groups is 1. The monoisotopic (exact) mass is 275 g/mol. The van der Waals surface area contributed by atoms with E-state index in [1.807, 2.05) is 31.3 Å². The molecule has 0 aliphatic heterocycles. The highest BCUT2D eigenvalue weighted by Gasteiger charge is 2.05. The van der Waals surface area contributed by atoms with Crippen LogP contribution in [-0.2, 0) is 6.54 Å². The minimum absolute atomic E-state index is 0.0700. The van der Waals surface area contributed by atoms with Gasteiger partial charge in [-0.2, -0.15) is 0 Å². The number of carbonyl (C=O) groups excluding carboxylic acids is 1. The van der Waals surface area contributed by atoms with Crippen molar-refractivity contribution in [3.63, 3.8) is 0 Å². The molecule has 1 amide bonds. The molecule has 0 aromatic heterocycles. The fourth-order valence-corrected chi connectivity index (χ4v) is 1.77. The zero-order valence-corrected chi connectivity index (χ0v) is 12.5. The van der Waals surface area contributed by atoms with Crippen LogP contribution in [0, 0.1) is 0 Å². The molecule has 0 unspecified atom stereocenters. The first-order valence-electron chi connectivity index (χ1n) is 7.10. The van der Waals surface area contributed by atoms with Crippen LogP contribution in [0.4, 0.5) is 0 Å². The first-order chi connectivity index (χ1) is 9.67. The Morgan fingerprint density at radius 2 is 1.90 bits per heavy atom. The highest BCUT2D eigenvalue weighted by Crippen LogP contribution is 2.04. The molecule has 0 spiro atoms. The molecule has 1 aromatic rings. The van der Waals surface area contributed by atoms with E-state index in [4.69, 9.17) is 0 Å². The molecule has 1 rings (SSSR count). The van der Waals surface area contributed by atoms with Crippen LogP contribution in [0.3, 0.4) is 0 Å². The molecule has 0 radical (unpaired) electrons. The second-order valence-corrected chi connectivity index (χ2v) is 4.79. The Kier molecular flexibility index (Phi) is 7.43. The molecule has 0 atom stereocenters. The molecule has 0 fully saturated rings. The summed E-state index contributed by atoms with van der Waals surface area (Å²) >= 11 is 0. The van der Waals surface area contributed by atoms with Crippen molar-refractivity contribution in [2.75, 3.05) is 20.1 Å². The summed E-state index contributed by atoms with van der Waals surface area (Å²) in [5.74, 6) is -0.0700. The quantitative estimate of drug-likeness (QED) is 0.605. The summed E-state index contributed by atoms with van der Waals surface area (Å²) < 4.78 is 0. The molecular formula is C16H25N3O. The second kappa shape index (κ2) is 9.15. The number of hydrogen-bond donors (Lipinski definition) is 3. The molecule has 0 bridgehead atoms. The van der Waals surface area contributed by atoms with Crippen LogP contribution in [0.1, 0.15) is 35.7 Å². The topological polar surface area (TPSA) is 53.2 Å². The van der Waals surface area contributed by atoms with Crippen LogP contribution in [0.2, 0.25) is 0 Å². The third kappa shape index (κ3) is 5.89. The van der Waals surface area contributed by atoms with Crippen molar-refractivity contribution in [2.24, 2.45) is 0 Å². The van der Waals surface area contributed by atoms with Crippen molar-refractivity contribution in [3.05, 3.63) is 47.7 Å². The van der Waals surface area contributed by atoms with E-state index >= 15 is 0 Å². The smallest absolute Gasteiger partial charge is 0.251 e. The van der Waals surface area contributed by atoms with Crippen molar-refractivity contribution in [3.8, 4) is 0 Å². The average molecular weight is 275 g/mol. The van der Waals surface area contributed by atoms with Crippen LogP contribution in [0.5, 0.6) is 0 Å². The Morgan fingerprint density at radius 3 is 2.50 bits per heavy atom. The van der Waals surface area contributed by atoms with Gasteiger partial charge in [0.1, 0.15) is 0 Å². The number of rotatable bonds is 9. The van der Waals surface area contributed by atoms with E-state index in [2.05, 4.69) is 29.5 Å². The minimum atomic E-state index is -0.0700. The maximum atomic E-state index is 12.0. The Hall–Kier alpha value is -1.81. The lowest BCUT2D eigenvalue weighted by Crippen LogP contribution is -2.30. The molecule has 1 aromatic carbocycles. The predicted molar refractivity (Wildman–Crippen MR) is 83.6 cm³/mol. The SMILES string of the molecule is C=C(CNC(=O)c1ccc(CNC)cc1)NCCCC. The van der Waals surface area contributed by atoms with Gasteiger partial charge in [-0.3, -0.25) is 4.79 Å². The predicted octanol–water partition coefficient (Wildman–Crippen LogP) is 2.04. The van der Waals surface area contributed by atoms with Gasteiger partial charge in [0.05, 0.1) is 6.54 Å². The summed E-state index contributed by atoms with van der Waals surface area (Å²) in [6.45, 7) is 8.21. The fourth-order valence-electron chi connectivity index (χ4n) is 1.77. The second-order valence-electron chi connectivity index (χ2n) is 4.79. The van der Waals surface area contributed by atoms with E-state index < -0.39 is 0 Å². The summed E-state index contributed by atoms with van der Waals surface area (Å²) in [5.41, 5.74) is 2.68. The molecule has 4 heteroatoms. The van der Waals surface area contributed by atoms with Gasteiger partial charge >= 0.3 is 0 Å². The largest absolute Gasteiger partial charge is 0.387 e. The van der Waals surface area contributed by atoms with Crippen molar-refractivity contribution < 1.29 is 4.79 Å². The van der Waals surface area contributed by atoms with Crippen LogP contribution in [-0.4, -0.2) is 26.0 Å². The lowest BCUT2D eigenvalue weighted by molar-refractivity contribution is 0.0956. The van der Waals surface area contributed by atoms with Crippen LogP contribution >= 0.6 is 0 Å². The Morgan fingerprint density at radius 1 is 1.20 bits per heavy atom. The summed E-state index contributed by atoms with van der Waals surface area (Å²) in [6, 6.07) is 7.60. The van der Waals surface area contributed by atoms with Gasteiger partial charge in [-0.1, -0.05) is 32.1 Å². The van der Waals surface area contributed by atoms with Crippen LogP contribution in [0.15, 0.2) is 36.5 Å². The molecule has 0 saturated heterocycles. The summed E-state index contributed by atoms with van der Waals surface area (Å²) in [7, 11) is 1.90. The molecule has 0 aliphatic carbocycles. The van der Waals surface area contributed by atoms with Crippen molar-refractivity contribution in [1.29, 1.82) is 0 Å². The number of hydrogen-bond acceptors (Lipinski definition) is 3. The third-order valence-electron chi connectivity index (χ3n) is 2.96. The zero-order chi connectivity index (χ0) is 14.8. The molecule has 20 heavy (non-hydrogen) atoms. The molecular weight excluding hydrogens is 250 g/mol. The number of unbranched alkanes of at least 4 members (excludes halogenated alkanes) is 1. The average Bonchev–Trinajstić information content (AvgIpc) is 2.46. The fraction of sp³-hybridized carbons (Fsp3) is 0.438.